The highest BCUT2D eigenvalue weighted by atomic mass is 16.2. The molecule has 5 heteroatoms. The van der Waals surface area contributed by atoms with E-state index in [4.69, 9.17) is 5.73 Å². The molecule has 1 aromatic heterocycles. The molecule has 2 aliphatic carbocycles. The van der Waals surface area contributed by atoms with Crippen molar-refractivity contribution in [2.24, 2.45) is 22.5 Å². The molecule has 1 aromatic rings. The van der Waals surface area contributed by atoms with Gasteiger partial charge in [-0.3, -0.25) is 4.79 Å². The van der Waals surface area contributed by atoms with Crippen molar-refractivity contribution in [1.29, 1.82) is 0 Å². The number of carbonyl (C=O) groups excluding carboxylic acids is 1. The lowest BCUT2D eigenvalue weighted by Gasteiger charge is -2.54. The normalized spacial score (nSPS) is 27.6. The standard InChI is InChI=1S/C18H28N4O/c1-17(2)12-22(14(23)9-18(11-19)5-6-18)15(17)16-20-7-8-21(16)10-13-3-4-13/h7-8,13,15H,3-6,9-12,19H2,1-2H3. The van der Waals surface area contributed by atoms with Crippen LogP contribution in [-0.4, -0.2) is 33.4 Å². The second-order valence-corrected chi connectivity index (χ2v) is 8.67. The zero-order valence-electron chi connectivity index (χ0n) is 14.3. The Morgan fingerprint density at radius 3 is 2.70 bits per heavy atom. The number of rotatable bonds is 6. The Morgan fingerprint density at radius 2 is 2.13 bits per heavy atom. The molecule has 1 saturated heterocycles. The quantitative estimate of drug-likeness (QED) is 0.876. The average Bonchev–Trinajstić information content (AvgIpc) is 3.40. The first-order valence-corrected chi connectivity index (χ1v) is 8.95. The topological polar surface area (TPSA) is 64.2 Å². The van der Waals surface area contributed by atoms with Gasteiger partial charge in [0.25, 0.3) is 0 Å². The summed E-state index contributed by atoms with van der Waals surface area (Å²) < 4.78 is 2.28. The molecule has 0 aromatic carbocycles. The van der Waals surface area contributed by atoms with Gasteiger partial charge in [0.05, 0.1) is 6.04 Å². The van der Waals surface area contributed by atoms with Gasteiger partial charge in [-0.25, -0.2) is 4.98 Å². The van der Waals surface area contributed by atoms with Crippen LogP contribution in [0.3, 0.4) is 0 Å². The molecule has 1 amide bonds. The number of likely N-dealkylation sites (tertiary alicyclic amines) is 1. The Hall–Kier alpha value is -1.36. The molecule has 23 heavy (non-hydrogen) atoms. The van der Waals surface area contributed by atoms with Gasteiger partial charge in [-0.15, -0.1) is 0 Å². The van der Waals surface area contributed by atoms with E-state index >= 15 is 0 Å². The molecule has 1 unspecified atom stereocenters. The highest BCUT2D eigenvalue weighted by Gasteiger charge is 2.53. The van der Waals surface area contributed by atoms with E-state index in [1.54, 1.807) is 0 Å². The predicted molar refractivity (Wildman–Crippen MR) is 88.5 cm³/mol. The maximum Gasteiger partial charge on any atom is 0.223 e. The summed E-state index contributed by atoms with van der Waals surface area (Å²) in [5, 5.41) is 0. The van der Waals surface area contributed by atoms with Crippen molar-refractivity contribution in [1.82, 2.24) is 14.5 Å². The fourth-order valence-electron chi connectivity index (χ4n) is 4.00. The summed E-state index contributed by atoms with van der Waals surface area (Å²) in [6.07, 6.45) is 9.44. The molecule has 1 aliphatic heterocycles. The van der Waals surface area contributed by atoms with Crippen molar-refractivity contribution in [3.8, 4) is 0 Å². The summed E-state index contributed by atoms with van der Waals surface area (Å²) in [6, 6.07) is 0.109. The second-order valence-electron chi connectivity index (χ2n) is 8.67. The maximum atomic E-state index is 12.8. The van der Waals surface area contributed by atoms with Crippen molar-refractivity contribution < 1.29 is 4.79 Å². The van der Waals surface area contributed by atoms with Crippen LogP contribution in [0.1, 0.15) is 57.8 Å². The van der Waals surface area contributed by atoms with E-state index in [1.165, 1.54) is 12.8 Å². The van der Waals surface area contributed by atoms with E-state index in [2.05, 4.69) is 29.6 Å². The third-order valence-electron chi connectivity index (χ3n) is 6.01. The van der Waals surface area contributed by atoms with E-state index in [1.807, 2.05) is 11.1 Å². The molecule has 2 saturated carbocycles. The van der Waals surface area contributed by atoms with Crippen LogP contribution in [-0.2, 0) is 11.3 Å². The van der Waals surface area contributed by atoms with Gasteiger partial charge in [-0.05, 0) is 43.6 Å². The Balaban J connectivity index is 1.52. The Labute approximate surface area is 138 Å². The van der Waals surface area contributed by atoms with Crippen molar-refractivity contribution in [3.05, 3.63) is 18.2 Å². The lowest BCUT2D eigenvalue weighted by molar-refractivity contribution is -0.154. The Morgan fingerprint density at radius 1 is 1.39 bits per heavy atom. The van der Waals surface area contributed by atoms with Crippen LogP contribution < -0.4 is 5.73 Å². The zero-order valence-corrected chi connectivity index (χ0v) is 14.3. The molecule has 4 rings (SSSR count). The van der Waals surface area contributed by atoms with E-state index in [9.17, 15) is 4.79 Å². The fourth-order valence-corrected chi connectivity index (χ4v) is 4.00. The van der Waals surface area contributed by atoms with Crippen LogP contribution in [0, 0.1) is 16.7 Å². The Bertz CT molecular complexity index is 612. The van der Waals surface area contributed by atoms with E-state index in [0.717, 1.165) is 37.7 Å². The number of imidazole rings is 1. The molecule has 3 aliphatic rings. The molecule has 0 spiro atoms. The van der Waals surface area contributed by atoms with Crippen LogP contribution in [0.25, 0.3) is 0 Å². The van der Waals surface area contributed by atoms with Crippen molar-refractivity contribution >= 4 is 5.91 Å². The summed E-state index contributed by atoms with van der Waals surface area (Å²) in [5.41, 5.74) is 6.06. The molecule has 5 nitrogen and oxygen atoms in total. The smallest absolute Gasteiger partial charge is 0.223 e. The number of aromatic nitrogens is 2. The minimum absolute atomic E-state index is 0.0990. The molecule has 3 fully saturated rings. The Kier molecular flexibility index (Phi) is 3.34. The highest BCUT2D eigenvalue weighted by molar-refractivity contribution is 5.79. The van der Waals surface area contributed by atoms with Gasteiger partial charge < -0.3 is 15.2 Å². The average molecular weight is 316 g/mol. The molecule has 0 radical (unpaired) electrons. The number of carbonyl (C=O) groups is 1. The number of hydrogen-bond acceptors (Lipinski definition) is 3. The molecular weight excluding hydrogens is 288 g/mol. The highest BCUT2D eigenvalue weighted by Crippen LogP contribution is 2.52. The molecule has 2 N–H and O–H groups in total. The van der Waals surface area contributed by atoms with Gasteiger partial charge in [-0.2, -0.15) is 0 Å². The predicted octanol–water partition coefficient (Wildman–Crippen LogP) is 2.33. The number of nitrogens with zero attached hydrogens (tertiary/aromatic N) is 3. The largest absolute Gasteiger partial charge is 0.333 e. The van der Waals surface area contributed by atoms with Gasteiger partial charge in [-0.1, -0.05) is 13.8 Å². The van der Waals surface area contributed by atoms with Crippen molar-refractivity contribution in [2.45, 2.75) is 58.5 Å². The SMILES string of the molecule is CC1(C)CN(C(=O)CC2(CN)CC2)C1c1nccn1CC1CC1. The van der Waals surface area contributed by atoms with Crippen LogP contribution in [0.15, 0.2) is 12.4 Å². The first kappa shape index (κ1) is 15.2. The first-order valence-electron chi connectivity index (χ1n) is 8.95. The summed E-state index contributed by atoms with van der Waals surface area (Å²) >= 11 is 0. The monoisotopic (exact) mass is 316 g/mol. The first-order chi connectivity index (χ1) is 10.9. The summed E-state index contributed by atoms with van der Waals surface area (Å²) in [5.74, 6) is 2.14. The second kappa shape index (κ2) is 5.07. The van der Waals surface area contributed by atoms with E-state index < -0.39 is 0 Å². The van der Waals surface area contributed by atoms with Gasteiger partial charge in [0.1, 0.15) is 5.82 Å². The summed E-state index contributed by atoms with van der Waals surface area (Å²) in [6.45, 7) is 7.00. The van der Waals surface area contributed by atoms with Gasteiger partial charge in [0, 0.05) is 37.3 Å². The number of nitrogens with two attached hydrogens (primary N) is 1. The van der Waals surface area contributed by atoms with Crippen LogP contribution in [0.5, 0.6) is 0 Å². The fraction of sp³-hybridized carbons (Fsp3) is 0.778. The third kappa shape index (κ3) is 2.69. The van der Waals surface area contributed by atoms with E-state index in [-0.39, 0.29) is 22.8 Å². The lowest BCUT2D eigenvalue weighted by atomic mass is 9.73. The molecule has 0 bridgehead atoms. The minimum Gasteiger partial charge on any atom is -0.333 e. The van der Waals surface area contributed by atoms with Gasteiger partial charge in [0.15, 0.2) is 0 Å². The van der Waals surface area contributed by atoms with Crippen LogP contribution >= 0.6 is 0 Å². The lowest BCUT2D eigenvalue weighted by Crippen LogP contribution is -2.59. The maximum absolute atomic E-state index is 12.8. The number of amides is 1. The van der Waals surface area contributed by atoms with Crippen LogP contribution in [0.4, 0.5) is 0 Å². The van der Waals surface area contributed by atoms with Gasteiger partial charge >= 0.3 is 0 Å². The molecular formula is C18H28N4O. The van der Waals surface area contributed by atoms with Gasteiger partial charge in [0.2, 0.25) is 5.91 Å². The molecule has 126 valence electrons. The summed E-state index contributed by atoms with van der Waals surface area (Å²) in [4.78, 5) is 19.5. The molecule has 2 heterocycles. The van der Waals surface area contributed by atoms with E-state index in [0.29, 0.717) is 13.0 Å². The molecule has 1 atom stereocenters. The third-order valence-corrected chi connectivity index (χ3v) is 6.01. The minimum atomic E-state index is 0.0990. The van der Waals surface area contributed by atoms with Crippen molar-refractivity contribution in [2.75, 3.05) is 13.1 Å². The van der Waals surface area contributed by atoms with Crippen LogP contribution in [0.2, 0.25) is 0 Å². The number of hydrogen-bond donors (Lipinski definition) is 1. The zero-order chi connectivity index (χ0) is 16.2. The summed E-state index contributed by atoms with van der Waals surface area (Å²) in [7, 11) is 0. The van der Waals surface area contributed by atoms with Crippen molar-refractivity contribution in [3.63, 3.8) is 0 Å².